The molecule has 0 spiro atoms. The van der Waals surface area contributed by atoms with E-state index in [1.165, 1.54) is 29.5 Å². The highest BCUT2D eigenvalue weighted by atomic mass is 32.1. The number of fused-ring (bicyclic) bond motifs is 1. The van der Waals surface area contributed by atoms with Gasteiger partial charge in [0.1, 0.15) is 0 Å². The van der Waals surface area contributed by atoms with Gasteiger partial charge in [-0.15, -0.1) is 16.5 Å². The van der Waals surface area contributed by atoms with Gasteiger partial charge in [-0.3, -0.25) is 10.1 Å². The highest BCUT2D eigenvalue weighted by Crippen LogP contribution is 2.35. The van der Waals surface area contributed by atoms with Crippen LogP contribution in [0.2, 0.25) is 0 Å². The molecule has 0 aliphatic carbocycles. The van der Waals surface area contributed by atoms with Gasteiger partial charge in [-0.05, 0) is 18.2 Å². The first-order valence-electron chi connectivity index (χ1n) is 9.73. The number of aromatic nitrogens is 1. The van der Waals surface area contributed by atoms with Crippen LogP contribution in [0, 0.1) is 10.1 Å². The fourth-order valence-electron chi connectivity index (χ4n) is 3.13. The lowest BCUT2D eigenvalue weighted by molar-refractivity contribution is -0.385. The van der Waals surface area contributed by atoms with Crippen molar-refractivity contribution in [2.45, 2.75) is 18.9 Å². The van der Waals surface area contributed by atoms with Gasteiger partial charge in [-0.2, -0.15) is 5.11 Å². The third kappa shape index (κ3) is 4.89. The van der Waals surface area contributed by atoms with E-state index in [0.29, 0.717) is 30.4 Å². The van der Waals surface area contributed by atoms with Crippen LogP contribution >= 0.6 is 11.3 Å². The number of carboxylic acids is 1. The topological polar surface area (TPSA) is 137 Å². The Kier molecular flexibility index (Phi) is 6.36. The van der Waals surface area contributed by atoms with Crippen molar-refractivity contribution in [1.29, 1.82) is 0 Å². The number of benzene rings is 2. The standard InChI is InChI=1S/C21H18N4O6S/c26-20(27)15(10-14-4-1-2-5-17(14)25(28)29)23-24-21-22-16(12-32-21)13-6-7-18-19(11-13)31-9-3-8-30-18/h1-2,4-7,11-12,15H,3,8-10H2,(H,26,27). The summed E-state index contributed by atoms with van der Waals surface area (Å²) in [4.78, 5) is 26.7. The molecule has 3 aromatic rings. The van der Waals surface area contributed by atoms with E-state index in [9.17, 15) is 20.0 Å². The summed E-state index contributed by atoms with van der Waals surface area (Å²) in [6.07, 6.45) is 0.651. The predicted octanol–water partition coefficient (Wildman–Crippen LogP) is 4.66. The molecule has 1 atom stereocenters. The zero-order chi connectivity index (χ0) is 22.5. The Labute approximate surface area is 186 Å². The van der Waals surface area contributed by atoms with Gasteiger partial charge in [0.05, 0.1) is 23.8 Å². The highest BCUT2D eigenvalue weighted by Gasteiger charge is 2.23. The second-order valence-electron chi connectivity index (χ2n) is 6.89. The molecule has 0 fully saturated rings. The maximum absolute atomic E-state index is 11.6. The number of aliphatic carboxylic acids is 1. The van der Waals surface area contributed by atoms with Crippen LogP contribution in [0.1, 0.15) is 12.0 Å². The van der Waals surface area contributed by atoms with Gasteiger partial charge in [0.25, 0.3) is 5.69 Å². The van der Waals surface area contributed by atoms with Crippen LogP contribution in [0.25, 0.3) is 11.3 Å². The van der Waals surface area contributed by atoms with Crippen molar-refractivity contribution in [3.05, 3.63) is 63.5 Å². The number of para-hydroxylation sites is 1. The average Bonchev–Trinajstić information content (AvgIpc) is 3.13. The molecule has 2 heterocycles. The first-order chi connectivity index (χ1) is 15.5. The number of thiazole rings is 1. The lowest BCUT2D eigenvalue weighted by Gasteiger charge is -2.08. The minimum atomic E-state index is -1.28. The summed E-state index contributed by atoms with van der Waals surface area (Å²) in [5.74, 6) is 0.0962. The van der Waals surface area contributed by atoms with Gasteiger partial charge in [0.2, 0.25) is 5.13 Å². The lowest BCUT2D eigenvalue weighted by atomic mass is 10.0. The van der Waals surface area contributed by atoms with Crippen LogP contribution in [0.3, 0.4) is 0 Å². The van der Waals surface area contributed by atoms with Gasteiger partial charge >= 0.3 is 5.97 Å². The Balaban J connectivity index is 1.52. The SMILES string of the molecule is O=C(O)C(Cc1ccccc1[N+](=O)[O-])N=Nc1nc(-c2ccc3c(c2)OCCCO3)cs1. The van der Waals surface area contributed by atoms with E-state index >= 15 is 0 Å². The number of rotatable bonds is 7. The van der Waals surface area contributed by atoms with E-state index in [2.05, 4.69) is 15.2 Å². The summed E-state index contributed by atoms with van der Waals surface area (Å²) in [6, 6.07) is 10.2. The molecule has 1 aliphatic heterocycles. The third-order valence-electron chi connectivity index (χ3n) is 4.70. The molecule has 1 aromatic heterocycles. The predicted molar refractivity (Wildman–Crippen MR) is 116 cm³/mol. The molecule has 1 unspecified atom stereocenters. The zero-order valence-electron chi connectivity index (χ0n) is 16.7. The molecule has 32 heavy (non-hydrogen) atoms. The molecule has 2 aromatic carbocycles. The summed E-state index contributed by atoms with van der Waals surface area (Å²) >= 11 is 1.21. The number of hydrogen-bond acceptors (Lipinski definition) is 9. The van der Waals surface area contributed by atoms with Crippen LogP contribution in [0.15, 0.2) is 58.1 Å². The van der Waals surface area contributed by atoms with Crippen molar-refractivity contribution in [3.63, 3.8) is 0 Å². The smallest absolute Gasteiger partial charge is 0.330 e. The number of carbonyl (C=O) groups is 1. The van der Waals surface area contributed by atoms with Gasteiger partial charge in [0.15, 0.2) is 17.5 Å². The van der Waals surface area contributed by atoms with Crippen molar-refractivity contribution in [2.75, 3.05) is 13.2 Å². The molecule has 0 bridgehead atoms. The van der Waals surface area contributed by atoms with Crippen molar-refractivity contribution in [3.8, 4) is 22.8 Å². The fourth-order valence-corrected chi connectivity index (χ4v) is 3.78. The zero-order valence-corrected chi connectivity index (χ0v) is 17.5. The molecule has 0 radical (unpaired) electrons. The maximum atomic E-state index is 11.6. The minimum Gasteiger partial charge on any atom is -0.490 e. The normalized spacial score (nSPS) is 14.1. The van der Waals surface area contributed by atoms with Crippen LogP contribution in [-0.4, -0.2) is 40.2 Å². The second kappa shape index (κ2) is 9.52. The Morgan fingerprint density at radius 3 is 2.78 bits per heavy atom. The molecular formula is C21H18N4O6S. The molecule has 1 aliphatic rings. The largest absolute Gasteiger partial charge is 0.490 e. The quantitative estimate of drug-likeness (QED) is 0.311. The average molecular weight is 454 g/mol. The Bertz CT molecular complexity index is 1180. The number of ether oxygens (including phenoxy) is 2. The number of azo groups is 1. The summed E-state index contributed by atoms with van der Waals surface area (Å²) in [5, 5.41) is 30.6. The summed E-state index contributed by atoms with van der Waals surface area (Å²) in [6.45, 7) is 1.17. The number of nitrogens with zero attached hydrogens (tertiary/aromatic N) is 4. The number of nitro benzene ring substituents is 1. The molecule has 4 rings (SSSR count). The van der Waals surface area contributed by atoms with E-state index in [4.69, 9.17) is 9.47 Å². The van der Waals surface area contributed by atoms with Crippen molar-refractivity contribution in [2.24, 2.45) is 10.2 Å². The minimum absolute atomic E-state index is 0.153. The van der Waals surface area contributed by atoms with Gasteiger partial charge in [-0.1, -0.05) is 18.2 Å². The number of hydrogen-bond donors (Lipinski definition) is 1. The van der Waals surface area contributed by atoms with Crippen molar-refractivity contribution >= 4 is 28.1 Å². The molecule has 11 heteroatoms. The van der Waals surface area contributed by atoms with Crippen LogP contribution in [-0.2, 0) is 11.2 Å². The van der Waals surface area contributed by atoms with E-state index < -0.39 is 16.9 Å². The van der Waals surface area contributed by atoms with Gasteiger partial charge in [-0.25, -0.2) is 9.78 Å². The Morgan fingerprint density at radius 1 is 1.22 bits per heavy atom. The molecule has 0 amide bonds. The molecule has 10 nitrogen and oxygen atoms in total. The Morgan fingerprint density at radius 2 is 2.00 bits per heavy atom. The molecular weight excluding hydrogens is 436 g/mol. The van der Waals surface area contributed by atoms with Crippen LogP contribution < -0.4 is 9.47 Å². The second-order valence-corrected chi connectivity index (χ2v) is 7.72. The van der Waals surface area contributed by atoms with E-state index in [-0.39, 0.29) is 22.8 Å². The maximum Gasteiger partial charge on any atom is 0.330 e. The highest BCUT2D eigenvalue weighted by molar-refractivity contribution is 7.13. The lowest BCUT2D eigenvalue weighted by Crippen LogP contribution is -2.20. The first-order valence-corrected chi connectivity index (χ1v) is 10.6. The number of carboxylic acid groups (broad SMARTS) is 1. The van der Waals surface area contributed by atoms with Gasteiger partial charge in [0, 0.05) is 35.4 Å². The number of nitro groups is 1. The summed E-state index contributed by atoms with van der Waals surface area (Å²) in [5.41, 5.74) is 1.57. The van der Waals surface area contributed by atoms with Crippen molar-refractivity contribution < 1.29 is 24.3 Å². The first kappa shape index (κ1) is 21.4. The molecule has 1 N–H and O–H groups in total. The molecule has 164 valence electrons. The van der Waals surface area contributed by atoms with E-state index in [1.54, 1.807) is 11.4 Å². The van der Waals surface area contributed by atoms with Crippen LogP contribution in [0.5, 0.6) is 11.5 Å². The van der Waals surface area contributed by atoms with Crippen LogP contribution in [0.4, 0.5) is 10.8 Å². The van der Waals surface area contributed by atoms with Gasteiger partial charge < -0.3 is 14.6 Å². The Hall–Kier alpha value is -3.86. The summed E-state index contributed by atoms with van der Waals surface area (Å²) in [7, 11) is 0. The summed E-state index contributed by atoms with van der Waals surface area (Å²) < 4.78 is 11.3. The molecule has 0 saturated carbocycles. The van der Waals surface area contributed by atoms with Crippen molar-refractivity contribution in [1.82, 2.24) is 4.98 Å². The fraction of sp³-hybridized carbons (Fsp3) is 0.238. The van der Waals surface area contributed by atoms with E-state index in [0.717, 1.165) is 12.0 Å². The molecule has 0 saturated heterocycles. The monoisotopic (exact) mass is 454 g/mol. The third-order valence-corrected chi connectivity index (χ3v) is 5.43. The van der Waals surface area contributed by atoms with E-state index in [1.807, 2.05) is 18.2 Å².